The van der Waals surface area contributed by atoms with E-state index < -0.39 is 0 Å². The van der Waals surface area contributed by atoms with Gasteiger partial charge in [-0.2, -0.15) is 0 Å². The summed E-state index contributed by atoms with van der Waals surface area (Å²) in [5, 5.41) is 3.12. The van der Waals surface area contributed by atoms with Crippen LogP contribution < -0.4 is 11.1 Å². The van der Waals surface area contributed by atoms with Gasteiger partial charge in [-0.15, -0.1) is 0 Å². The van der Waals surface area contributed by atoms with E-state index in [0.29, 0.717) is 15.7 Å². The summed E-state index contributed by atoms with van der Waals surface area (Å²) in [6.45, 7) is 0. The SMILES string of the molecule is NC(=S)c1ccc(Nc2ccc3c(c2)CCC3)c(F)c1Br. The van der Waals surface area contributed by atoms with Crippen LogP contribution in [0.4, 0.5) is 15.8 Å². The lowest BCUT2D eigenvalue weighted by atomic mass is 10.1. The molecule has 0 aromatic heterocycles. The van der Waals surface area contributed by atoms with E-state index >= 15 is 0 Å². The molecular formula is C16H14BrFN2S. The van der Waals surface area contributed by atoms with Crippen molar-refractivity contribution in [3.8, 4) is 0 Å². The molecule has 0 amide bonds. The molecular weight excluding hydrogens is 351 g/mol. The molecule has 0 atom stereocenters. The highest BCUT2D eigenvalue weighted by Crippen LogP contribution is 2.31. The molecule has 3 N–H and O–H groups in total. The van der Waals surface area contributed by atoms with E-state index in [2.05, 4.69) is 33.4 Å². The first-order valence-electron chi connectivity index (χ1n) is 6.73. The molecule has 0 saturated carbocycles. The Morgan fingerprint density at radius 2 is 1.95 bits per heavy atom. The van der Waals surface area contributed by atoms with Crippen LogP contribution in [0.5, 0.6) is 0 Å². The molecule has 21 heavy (non-hydrogen) atoms. The molecule has 2 nitrogen and oxygen atoms in total. The smallest absolute Gasteiger partial charge is 0.161 e. The van der Waals surface area contributed by atoms with E-state index in [9.17, 15) is 4.39 Å². The van der Waals surface area contributed by atoms with Crippen molar-refractivity contribution in [2.75, 3.05) is 5.32 Å². The highest BCUT2D eigenvalue weighted by molar-refractivity contribution is 9.10. The molecule has 0 saturated heterocycles. The van der Waals surface area contributed by atoms with E-state index in [0.717, 1.165) is 18.5 Å². The fourth-order valence-electron chi connectivity index (χ4n) is 2.64. The number of thiocarbonyl (C=S) groups is 1. The van der Waals surface area contributed by atoms with E-state index in [1.807, 2.05) is 6.07 Å². The maximum Gasteiger partial charge on any atom is 0.161 e. The third-order valence-corrected chi connectivity index (χ3v) is 4.72. The van der Waals surface area contributed by atoms with Gasteiger partial charge >= 0.3 is 0 Å². The van der Waals surface area contributed by atoms with Gasteiger partial charge < -0.3 is 11.1 Å². The predicted molar refractivity (Wildman–Crippen MR) is 91.7 cm³/mol. The number of rotatable bonds is 3. The predicted octanol–water partition coefficient (Wildman–Crippen LogP) is 4.45. The van der Waals surface area contributed by atoms with Gasteiger partial charge in [0.15, 0.2) is 5.82 Å². The van der Waals surface area contributed by atoms with Crippen LogP contribution in [-0.2, 0) is 12.8 Å². The topological polar surface area (TPSA) is 38.0 Å². The first kappa shape index (κ1) is 14.5. The molecule has 0 radical (unpaired) electrons. The molecule has 0 aliphatic heterocycles. The van der Waals surface area contributed by atoms with Crippen LogP contribution >= 0.6 is 28.1 Å². The fraction of sp³-hybridized carbons (Fsp3) is 0.188. The molecule has 2 aromatic carbocycles. The van der Waals surface area contributed by atoms with Crippen LogP contribution in [0.1, 0.15) is 23.1 Å². The summed E-state index contributed by atoms with van der Waals surface area (Å²) in [6, 6.07) is 9.56. The maximum absolute atomic E-state index is 14.4. The van der Waals surface area contributed by atoms with Crippen LogP contribution in [0.25, 0.3) is 0 Å². The summed E-state index contributed by atoms with van der Waals surface area (Å²) in [5.74, 6) is -0.388. The highest BCUT2D eigenvalue weighted by atomic mass is 79.9. The number of hydrogen-bond donors (Lipinski definition) is 2. The Balaban J connectivity index is 1.92. The zero-order valence-corrected chi connectivity index (χ0v) is 13.7. The van der Waals surface area contributed by atoms with Crippen LogP contribution in [0.2, 0.25) is 0 Å². The summed E-state index contributed by atoms with van der Waals surface area (Å²) >= 11 is 8.11. The quantitative estimate of drug-likeness (QED) is 0.789. The average Bonchev–Trinajstić information content (AvgIpc) is 2.91. The van der Waals surface area contributed by atoms with Crippen molar-refractivity contribution in [2.45, 2.75) is 19.3 Å². The van der Waals surface area contributed by atoms with Gasteiger partial charge in [-0.05, 0) is 70.6 Å². The zero-order valence-electron chi connectivity index (χ0n) is 11.2. The maximum atomic E-state index is 14.4. The van der Waals surface area contributed by atoms with Crippen molar-refractivity contribution >= 4 is 44.5 Å². The Bertz CT molecular complexity index is 730. The fourth-order valence-corrected chi connectivity index (χ4v) is 3.50. The second-order valence-electron chi connectivity index (χ2n) is 5.11. The van der Waals surface area contributed by atoms with Gasteiger partial charge in [0.05, 0.1) is 10.2 Å². The lowest BCUT2D eigenvalue weighted by molar-refractivity contribution is 0.625. The molecule has 3 rings (SSSR count). The van der Waals surface area contributed by atoms with Crippen LogP contribution in [0.3, 0.4) is 0 Å². The minimum atomic E-state index is -0.388. The number of halogens is 2. The molecule has 0 bridgehead atoms. The molecule has 5 heteroatoms. The van der Waals surface area contributed by atoms with Crippen LogP contribution in [0, 0.1) is 5.82 Å². The van der Waals surface area contributed by atoms with Gasteiger partial charge in [0, 0.05) is 11.3 Å². The number of nitrogens with one attached hydrogen (secondary N) is 1. The van der Waals surface area contributed by atoms with Gasteiger partial charge in [0.25, 0.3) is 0 Å². The summed E-state index contributed by atoms with van der Waals surface area (Å²) in [4.78, 5) is 0.171. The Kier molecular flexibility index (Phi) is 3.95. The van der Waals surface area contributed by atoms with Crippen molar-refractivity contribution in [3.05, 3.63) is 57.3 Å². The Hall–Kier alpha value is -1.46. The Morgan fingerprint density at radius 1 is 1.19 bits per heavy atom. The van der Waals surface area contributed by atoms with Crippen molar-refractivity contribution in [2.24, 2.45) is 5.73 Å². The van der Waals surface area contributed by atoms with Gasteiger partial charge in [-0.3, -0.25) is 0 Å². The van der Waals surface area contributed by atoms with E-state index in [1.54, 1.807) is 12.1 Å². The van der Waals surface area contributed by atoms with E-state index in [4.69, 9.17) is 18.0 Å². The number of anilines is 2. The average molecular weight is 365 g/mol. The second-order valence-corrected chi connectivity index (χ2v) is 6.35. The molecule has 108 valence electrons. The number of aryl methyl sites for hydroxylation is 2. The second kappa shape index (κ2) is 5.73. The van der Waals surface area contributed by atoms with Crippen molar-refractivity contribution in [3.63, 3.8) is 0 Å². The number of nitrogens with two attached hydrogens (primary N) is 1. The summed E-state index contributed by atoms with van der Waals surface area (Å²) < 4.78 is 14.7. The Morgan fingerprint density at radius 3 is 2.71 bits per heavy atom. The van der Waals surface area contributed by atoms with E-state index in [1.165, 1.54) is 17.5 Å². The lowest BCUT2D eigenvalue weighted by Gasteiger charge is -2.12. The van der Waals surface area contributed by atoms with Gasteiger partial charge in [-0.25, -0.2) is 4.39 Å². The summed E-state index contributed by atoms with van der Waals surface area (Å²) in [7, 11) is 0. The molecule has 0 heterocycles. The zero-order chi connectivity index (χ0) is 15.0. The summed E-state index contributed by atoms with van der Waals surface area (Å²) in [6.07, 6.45) is 3.43. The van der Waals surface area contributed by atoms with Gasteiger partial charge in [0.1, 0.15) is 4.99 Å². The Labute approximate surface area is 136 Å². The molecule has 1 aliphatic rings. The minimum Gasteiger partial charge on any atom is -0.389 e. The van der Waals surface area contributed by atoms with Crippen molar-refractivity contribution in [1.29, 1.82) is 0 Å². The highest BCUT2D eigenvalue weighted by Gasteiger charge is 2.14. The molecule has 0 spiro atoms. The largest absolute Gasteiger partial charge is 0.389 e. The number of hydrogen-bond acceptors (Lipinski definition) is 2. The van der Waals surface area contributed by atoms with Gasteiger partial charge in [0.2, 0.25) is 0 Å². The molecule has 0 fully saturated rings. The first-order chi connectivity index (χ1) is 10.1. The standard InChI is InChI=1S/C16H14BrFN2S/c17-14-12(16(19)21)6-7-13(15(14)18)20-11-5-4-9-2-1-3-10(9)8-11/h4-8,20H,1-3H2,(H2,19,21). The number of fused-ring (bicyclic) bond motifs is 1. The summed E-state index contributed by atoms with van der Waals surface area (Å²) in [5.41, 5.74) is 10.1. The first-order valence-corrected chi connectivity index (χ1v) is 7.93. The van der Waals surface area contributed by atoms with Crippen molar-refractivity contribution < 1.29 is 4.39 Å². The van der Waals surface area contributed by atoms with Crippen LogP contribution in [0.15, 0.2) is 34.8 Å². The number of benzene rings is 2. The van der Waals surface area contributed by atoms with E-state index in [-0.39, 0.29) is 10.8 Å². The monoisotopic (exact) mass is 364 g/mol. The third-order valence-electron chi connectivity index (χ3n) is 3.73. The van der Waals surface area contributed by atoms with Crippen molar-refractivity contribution in [1.82, 2.24) is 0 Å². The molecule has 2 aromatic rings. The third kappa shape index (κ3) is 2.80. The minimum absolute atomic E-state index is 0.171. The lowest BCUT2D eigenvalue weighted by Crippen LogP contribution is -2.11. The van der Waals surface area contributed by atoms with Crippen LogP contribution in [-0.4, -0.2) is 4.99 Å². The normalized spacial score (nSPS) is 13.0. The molecule has 0 unspecified atom stereocenters. The molecule has 1 aliphatic carbocycles. The van der Waals surface area contributed by atoms with Gasteiger partial charge in [-0.1, -0.05) is 18.3 Å².